The number of fused-ring (bicyclic) bond motifs is 1. The number of benzene rings is 1. The number of hydrogen-bond donors (Lipinski definition) is 3. The van der Waals surface area contributed by atoms with E-state index in [0.717, 1.165) is 6.07 Å². The molecule has 3 rings (SSSR count). The Morgan fingerprint density at radius 1 is 1.15 bits per heavy atom. The highest BCUT2D eigenvalue weighted by Crippen LogP contribution is 2.24. The molecule has 1 aromatic carbocycles. The van der Waals surface area contributed by atoms with E-state index in [1.807, 2.05) is 0 Å². The Morgan fingerprint density at radius 3 is 2.65 bits per heavy atom. The quantitative estimate of drug-likeness (QED) is 0.627. The average Bonchev–Trinajstić information content (AvgIpc) is 2.77. The second kappa shape index (κ2) is 4.12. The van der Waals surface area contributed by atoms with Crippen LogP contribution in [0.2, 0.25) is 0 Å². The van der Waals surface area contributed by atoms with Gasteiger partial charge in [-0.1, -0.05) is 0 Å². The molecule has 8 heteroatoms. The first-order valence-corrected chi connectivity index (χ1v) is 5.67. The van der Waals surface area contributed by atoms with Gasteiger partial charge in [0.2, 0.25) is 5.95 Å². The standard InChI is InChI=1S/C12H9F2N5O/c1-4-2-5(7(14)3-6(4)13)9-16-8-10(17-9)18-12(15)19-11(8)20/h2-3H,1H3,(H4,15,16,17,18,19,20). The number of hydrogen-bond acceptors (Lipinski definition) is 4. The minimum absolute atomic E-state index is 0.0554. The van der Waals surface area contributed by atoms with E-state index in [0.29, 0.717) is 0 Å². The number of aromatic nitrogens is 4. The highest BCUT2D eigenvalue weighted by Gasteiger charge is 2.15. The van der Waals surface area contributed by atoms with E-state index in [1.54, 1.807) is 0 Å². The van der Waals surface area contributed by atoms with Gasteiger partial charge in [0.1, 0.15) is 17.5 Å². The summed E-state index contributed by atoms with van der Waals surface area (Å²) in [7, 11) is 0. The predicted molar refractivity (Wildman–Crippen MR) is 69.0 cm³/mol. The van der Waals surface area contributed by atoms with Gasteiger partial charge in [0.15, 0.2) is 11.2 Å². The number of nitrogen functional groups attached to an aromatic ring is 1. The number of halogens is 2. The zero-order valence-corrected chi connectivity index (χ0v) is 10.3. The highest BCUT2D eigenvalue weighted by atomic mass is 19.1. The number of anilines is 1. The van der Waals surface area contributed by atoms with Crippen molar-refractivity contribution in [3.05, 3.63) is 39.7 Å². The molecule has 0 saturated carbocycles. The van der Waals surface area contributed by atoms with Crippen LogP contribution in [0.5, 0.6) is 0 Å². The summed E-state index contributed by atoms with van der Waals surface area (Å²) in [4.78, 5) is 24.5. The van der Waals surface area contributed by atoms with Crippen LogP contribution >= 0.6 is 0 Å². The molecule has 0 spiro atoms. The number of imidazole rings is 1. The van der Waals surface area contributed by atoms with E-state index in [9.17, 15) is 13.6 Å². The summed E-state index contributed by atoms with van der Waals surface area (Å²) in [6.45, 7) is 1.50. The number of aromatic amines is 2. The number of nitrogens with two attached hydrogens (primary N) is 1. The van der Waals surface area contributed by atoms with Crippen LogP contribution in [-0.2, 0) is 0 Å². The zero-order valence-electron chi connectivity index (χ0n) is 10.3. The van der Waals surface area contributed by atoms with E-state index < -0.39 is 17.2 Å². The fourth-order valence-corrected chi connectivity index (χ4v) is 1.89. The maximum atomic E-state index is 13.8. The van der Waals surface area contributed by atoms with Crippen LogP contribution in [0.15, 0.2) is 16.9 Å². The molecule has 2 heterocycles. The van der Waals surface area contributed by atoms with Gasteiger partial charge < -0.3 is 10.7 Å². The fraction of sp³-hybridized carbons (Fsp3) is 0.0833. The third kappa shape index (κ3) is 1.81. The number of rotatable bonds is 1. The van der Waals surface area contributed by atoms with Crippen molar-refractivity contribution in [1.29, 1.82) is 0 Å². The van der Waals surface area contributed by atoms with Gasteiger partial charge in [-0.15, -0.1) is 0 Å². The van der Waals surface area contributed by atoms with Crippen LogP contribution < -0.4 is 11.3 Å². The van der Waals surface area contributed by atoms with Crippen molar-refractivity contribution < 1.29 is 8.78 Å². The van der Waals surface area contributed by atoms with Crippen LogP contribution in [-0.4, -0.2) is 19.9 Å². The lowest BCUT2D eigenvalue weighted by atomic mass is 10.1. The molecule has 2 aromatic heterocycles. The predicted octanol–water partition coefficient (Wildman–Crippen LogP) is 1.48. The monoisotopic (exact) mass is 277 g/mol. The van der Waals surface area contributed by atoms with E-state index in [-0.39, 0.29) is 34.1 Å². The summed E-state index contributed by atoms with van der Waals surface area (Å²) in [5.41, 5.74) is 5.37. The molecular formula is C12H9F2N5O. The summed E-state index contributed by atoms with van der Waals surface area (Å²) in [6, 6.07) is 2.07. The van der Waals surface area contributed by atoms with Crippen molar-refractivity contribution in [1.82, 2.24) is 19.9 Å². The van der Waals surface area contributed by atoms with Gasteiger partial charge in [-0.25, -0.2) is 13.8 Å². The van der Waals surface area contributed by atoms with Gasteiger partial charge in [-0.2, -0.15) is 4.98 Å². The number of nitrogens with one attached hydrogen (secondary N) is 2. The number of aryl methyl sites for hydroxylation is 1. The van der Waals surface area contributed by atoms with E-state index >= 15 is 0 Å². The molecule has 0 radical (unpaired) electrons. The largest absolute Gasteiger partial charge is 0.369 e. The smallest absolute Gasteiger partial charge is 0.278 e. The molecule has 0 amide bonds. The first-order valence-electron chi connectivity index (χ1n) is 5.67. The summed E-state index contributed by atoms with van der Waals surface area (Å²) >= 11 is 0. The Kier molecular flexibility index (Phi) is 2.53. The van der Waals surface area contributed by atoms with Crippen LogP contribution in [0.1, 0.15) is 5.56 Å². The Bertz CT molecular complexity index is 883. The maximum Gasteiger partial charge on any atom is 0.278 e. The highest BCUT2D eigenvalue weighted by molar-refractivity contribution is 5.76. The third-order valence-corrected chi connectivity index (χ3v) is 2.88. The van der Waals surface area contributed by atoms with Gasteiger partial charge in [0, 0.05) is 6.07 Å². The molecule has 0 aliphatic carbocycles. The second-order valence-electron chi connectivity index (χ2n) is 4.32. The Morgan fingerprint density at radius 2 is 1.90 bits per heavy atom. The summed E-state index contributed by atoms with van der Waals surface area (Å²) in [5.74, 6) is -1.43. The third-order valence-electron chi connectivity index (χ3n) is 2.88. The second-order valence-corrected chi connectivity index (χ2v) is 4.32. The van der Waals surface area contributed by atoms with E-state index in [2.05, 4.69) is 19.9 Å². The average molecular weight is 277 g/mol. The Hall–Kier alpha value is -2.77. The minimum atomic E-state index is -0.781. The normalized spacial score (nSPS) is 11.2. The zero-order chi connectivity index (χ0) is 14.4. The van der Waals surface area contributed by atoms with Gasteiger partial charge in [0.05, 0.1) is 5.56 Å². The van der Waals surface area contributed by atoms with Crippen molar-refractivity contribution >= 4 is 17.1 Å². The molecule has 0 atom stereocenters. The Balaban J connectivity index is 2.28. The van der Waals surface area contributed by atoms with Gasteiger partial charge >= 0.3 is 0 Å². The topological polar surface area (TPSA) is 100 Å². The van der Waals surface area contributed by atoms with Crippen molar-refractivity contribution in [2.75, 3.05) is 5.73 Å². The molecule has 4 N–H and O–H groups in total. The van der Waals surface area contributed by atoms with Crippen molar-refractivity contribution in [2.24, 2.45) is 0 Å². The first kappa shape index (κ1) is 12.3. The van der Waals surface area contributed by atoms with Gasteiger partial charge in [0.25, 0.3) is 5.56 Å². The SMILES string of the molecule is Cc1cc(-c2nc3nc(N)[nH]c(=O)c3[nH]2)c(F)cc1F. The molecule has 102 valence electrons. The van der Waals surface area contributed by atoms with Gasteiger partial charge in [-0.3, -0.25) is 9.78 Å². The van der Waals surface area contributed by atoms with Crippen LogP contribution in [0.4, 0.5) is 14.7 Å². The van der Waals surface area contributed by atoms with Crippen LogP contribution in [0, 0.1) is 18.6 Å². The molecule has 6 nitrogen and oxygen atoms in total. The van der Waals surface area contributed by atoms with Crippen LogP contribution in [0.3, 0.4) is 0 Å². The number of H-pyrrole nitrogens is 2. The fourth-order valence-electron chi connectivity index (χ4n) is 1.89. The van der Waals surface area contributed by atoms with Gasteiger partial charge in [-0.05, 0) is 18.6 Å². The van der Waals surface area contributed by atoms with Crippen molar-refractivity contribution in [3.8, 4) is 11.4 Å². The lowest BCUT2D eigenvalue weighted by molar-refractivity contribution is 0.579. The molecule has 0 fully saturated rings. The number of nitrogens with zero attached hydrogens (tertiary/aromatic N) is 2. The van der Waals surface area contributed by atoms with Crippen LogP contribution in [0.25, 0.3) is 22.6 Å². The molecule has 0 saturated heterocycles. The molecule has 20 heavy (non-hydrogen) atoms. The van der Waals surface area contributed by atoms with E-state index in [1.165, 1.54) is 13.0 Å². The molecule has 0 unspecified atom stereocenters. The lowest BCUT2D eigenvalue weighted by Gasteiger charge is -2.02. The lowest BCUT2D eigenvalue weighted by Crippen LogP contribution is -2.10. The maximum absolute atomic E-state index is 13.8. The molecule has 0 aliphatic heterocycles. The molecule has 3 aromatic rings. The minimum Gasteiger partial charge on any atom is -0.369 e. The first-order chi connectivity index (χ1) is 9.45. The van der Waals surface area contributed by atoms with Crippen molar-refractivity contribution in [2.45, 2.75) is 6.92 Å². The van der Waals surface area contributed by atoms with E-state index in [4.69, 9.17) is 5.73 Å². The Labute approximate surface area is 110 Å². The van der Waals surface area contributed by atoms with Crippen molar-refractivity contribution in [3.63, 3.8) is 0 Å². The molecule has 0 bridgehead atoms. The molecular weight excluding hydrogens is 268 g/mol. The summed E-state index contributed by atoms with van der Waals surface area (Å²) in [5, 5.41) is 0. The summed E-state index contributed by atoms with van der Waals surface area (Å²) in [6.07, 6.45) is 0. The molecule has 0 aliphatic rings. The summed E-state index contributed by atoms with van der Waals surface area (Å²) < 4.78 is 27.0.